The molecule has 1 aliphatic rings. The number of para-hydroxylation sites is 1. The monoisotopic (exact) mass is 314 g/mol. The lowest BCUT2D eigenvalue weighted by molar-refractivity contribution is 0.0949. The third kappa shape index (κ3) is 2.90. The predicted molar refractivity (Wildman–Crippen MR) is 85.2 cm³/mol. The van der Waals surface area contributed by atoms with Crippen molar-refractivity contribution in [2.45, 2.75) is 19.3 Å². The number of H-pyrrole nitrogens is 1. The van der Waals surface area contributed by atoms with Crippen LogP contribution < -0.4 is 14.9 Å². The van der Waals surface area contributed by atoms with E-state index in [9.17, 15) is 4.79 Å². The van der Waals surface area contributed by atoms with Gasteiger partial charge in [0, 0.05) is 16.8 Å². The number of fused-ring (bicyclic) bond motifs is 1. The average Bonchev–Trinajstić information content (AvgIpc) is 3.17. The Kier molecular flexibility index (Phi) is 4.27. The Morgan fingerprint density at radius 3 is 3.00 bits per heavy atom. The van der Waals surface area contributed by atoms with Gasteiger partial charge in [0.05, 0.1) is 20.4 Å². The first kappa shape index (κ1) is 15.1. The molecule has 2 aromatic rings. The third-order valence-corrected chi connectivity index (χ3v) is 3.82. The van der Waals surface area contributed by atoms with Crippen LogP contribution in [0, 0.1) is 0 Å². The summed E-state index contributed by atoms with van der Waals surface area (Å²) in [5.74, 6) is 0.851. The second-order valence-electron chi connectivity index (χ2n) is 5.16. The van der Waals surface area contributed by atoms with E-state index >= 15 is 0 Å². The molecular formula is C16H18N4O3. The first-order valence-electron chi connectivity index (χ1n) is 7.35. The number of carbonyl (C=O) groups is 1. The normalized spacial score (nSPS) is 13.1. The standard InChI is InChI=1S/C16H18N4O3/c1-22-13-8-3-5-10(15(13)23-2)9-17-20-16(21)14-11-6-4-7-12(11)18-19-14/h3,5,8-9H,4,6-7H2,1-2H3,(H,18,19)(H,20,21)/b17-9-. The van der Waals surface area contributed by atoms with Gasteiger partial charge in [-0.3, -0.25) is 9.89 Å². The van der Waals surface area contributed by atoms with Crippen LogP contribution in [0.5, 0.6) is 11.5 Å². The molecule has 0 saturated carbocycles. The molecule has 1 aliphatic carbocycles. The number of carbonyl (C=O) groups excluding carboxylic acids is 1. The van der Waals surface area contributed by atoms with Crippen molar-refractivity contribution in [3.8, 4) is 11.5 Å². The summed E-state index contributed by atoms with van der Waals surface area (Å²) in [7, 11) is 3.12. The van der Waals surface area contributed by atoms with E-state index < -0.39 is 0 Å². The zero-order valence-corrected chi connectivity index (χ0v) is 13.0. The molecule has 0 unspecified atom stereocenters. The van der Waals surface area contributed by atoms with Crippen molar-refractivity contribution in [2.75, 3.05) is 14.2 Å². The van der Waals surface area contributed by atoms with Gasteiger partial charge in [0.15, 0.2) is 17.2 Å². The van der Waals surface area contributed by atoms with Gasteiger partial charge in [0.1, 0.15) is 0 Å². The molecule has 0 saturated heterocycles. The van der Waals surface area contributed by atoms with Crippen LogP contribution in [0.2, 0.25) is 0 Å². The van der Waals surface area contributed by atoms with E-state index in [1.807, 2.05) is 12.1 Å². The van der Waals surface area contributed by atoms with Gasteiger partial charge in [-0.2, -0.15) is 10.2 Å². The molecule has 0 spiro atoms. The number of methoxy groups -OCH3 is 2. The SMILES string of the molecule is COc1cccc(/C=N\NC(=O)c2n[nH]c3c2CCC3)c1OC. The summed E-state index contributed by atoms with van der Waals surface area (Å²) in [5, 5.41) is 11.0. The second-order valence-corrected chi connectivity index (χ2v) is 5.16. The molecule has 7 heteroatoms. The Morgan fingerprint density at radius 1 is 1.35 bits per heavy atom. The highest BCUT2D eigenvalue weighted by Gasteiger charge is 2.22. The molecule has 3 rings (SSSR count). The molecular weight excluding hydrogens is 296 g/mol. The predicted octanol–water partition coefficient (Wildman–Crippen LogP) is 1.68. The number of hydrazone groups is 1. The zero-order chi connectivity index (χ0) is 16.2. The van der Waals surface area contributed by atoms with Crippen LogP contribution in [-0.4, -0.2) is 36.5 Å². The largest absolute Gasteiger partial charge is 0.493 e. The van der Waals surface area contributed by atoms with E-state index in [-0.39, 0.29) is 5.91 Å². The third-order valence-electron chi connectivity index (χ3n) is 3.82. The highest BCUT2D eigenvalue weighted by atomic mass is 16.5. The van der Waals surface area contributed by atoms with E-state index in [0.717, 1.165) is 30.5 Å². The van der Waals surface area contributed by atoms with Crippen LogP contribution in [-0.2, 0) is 12.8 Å². The number of aromatic amines is 1. The Labute approximate surface area is 133 Å². The van der Waals surface area contributed by atoms with Gasteiger partial charge in [-0.05, 0) is 31.4 Å². The number of hydrogen-bond donors (Lipinski definition) is 2. The molecule has 0 bridgehead atoms. The summed E-state index contributed by atoms with van der Waals surface area (Å²) < 4.78 is 10.5. The minimum atomic E-state index is -0.317. The fourth-order valence-corrected chi connectivity index (χ4v) is 2.73. The topological polar surface area (TPSA) is 88.6 Å². The summed E-state index contributed by atoms with van der Waals surface area (Å²) in [5.41, 5.74) is 5.68. The fraction of sp³-hybridized carbons (Fsp3) is 0.312. The second kappa shape index (κ2) is 6.51. The van der Waals surface area contributed by atoms with Crippen molar-refractivity contribution in [3.63, 3.8) is 0 Å². The van der Waals surface area contributed by atoms with Gasteiger partial charge in [-0.1, -0.05) is 6.07 Å². The van der Waals surface area contributed by atoms with Gasteiger partial charge in [-0.25, -0.2) is 5.43 Å². The summed E-state index contributed by atoms with van der Waals surface area (Å²) >= 11 is 0. The van der Waals surface area contributed by atoms with E-state index in [1.165, 1.54) is 6.21 Å². The molecule has 2 N–H and O–H groups in total. The minimum Gasteiger partial charge on any atom is -0.493 e. The number of ether oxygens (including phenoxy) is 2. The number of aryl methyl sites for hydroxylation is 1. The van der Waals surface area contributed by atoms with Gasteiger partial charge in [0.25, 0.3) is 5.91 Å². The van der Waals surface area contributed by atoms with Crippen molar-refractivity contribution in [3.05, 3.63) is 40.7 Å². The average molecular weight is 314 g/mol. The zero-order valence-electron chi connectivity index (χ0n) is 13.0. The fourth-order valence-electron chi connectivity index (χ4n) is 2.73. The summed E-state index contributed by atoms with van der Waals surface area (Å²) in [6.45, 7) is 0. The van der Waals surface area contributed by atoms with E-state index in [0.29, 0.717) is 22.8 Å². The maximum absolute atomic E-state index is 12.2. The highest BCUT2D eigenvalue weighted by molar-refractivity contribution is 5.95. The smallest absolute Gasteiger partial charge is 0.292 e. The van der Waals surface area contributed by atoms with Crippen LogP contribution in [0.15, 0.2) is 23.3 Å². The molecule has 1 heterocycles. The molecule has 23 heavy (non-hydrogen) atoms. The van der Waals surface area contributed by atoms with Crippen LogP contribution >= 0.6 is 0 Å². The molecule has 0 atom stereocenters. The Morgan fingerprint density at radius 2 is 2.22 bits per heavy atom. The van der Waals surface area contributed by atoms with Gasteiger partial charge < -0.3 is 9.47 Å². The van der Waals surface area contributed by atoms with Crippen molar-refractivity contribution in [2.24, 2.45) is 5.10 Å². The number of hydrogen-bond acceptors (Lipinski definition) is 5. The number of nitrogens with one attached hydrogen (secondary N) is 2. The maximum atomic E-state index is 12.2. The number of rotatable bonds is 5. The highest BCUT2D eigenvalue weighted by Crippen LogP contribution is 2.29. The molecule has 1 aromatic heterocycles. The maximum Gasteiger partial charge on any atom is 0.292 e. The molecule has 0 fully saturated rings. The minimum absolute atomic E-state index is 0.317. The Hall–Kier alpha value is -2.83. The molecule has 1 aromatic carbocycles. The van der Waals surface area contributed by atoms with Gasteiger partial charge >= 0.3 is 0 Å². The van der Waals surface area contributed by atoms with E-state index in [4.69, 9.17) is 9.47 Å². The molecule has 0 radical (unpaired) electrons. The summed E-state index contributed by atoms with van der Waals surface area (Å²) in [4.78, 5) is 12.2. The molecule has 120 valence electrons. The van der Waals surface area contributed by atoms with E-state index in [1.54, 1.807) is 20.3 Å². The molecule has 1 amide bonds. The van der Waals surface area contributed by atoms with Crippen LogP contribution in [0.25, 0.3) is 0 Å². The summed E-state index contributed by atoms with van der Waals surface area (Å²) in [6.07, 6.45) is 4.39. The van der Waals surface area contributed by atoms with Crippen molar-refractivity contribution in [1.29, 1.82) is 0 Å². The lowest BCUT2D eigenvalue weighted by atomic mass is 10.2. The molecule has 7 nitrogen and oxygen atoms in total. The Bertz CT molecular complexity index is 752. The van der Waals surface area contributed by atoms with Gasteiger partial charge in [-0.15, -0.1) is 0 Å². The Balaban J connectivity index is 1.73. The lowest BCUT2D eigenvalue weighted by Crippen LogP contribution is -2.19. The number of amides is 1. The number of benzene rings is 1. The van der Waals surface area contributed by atoms with Crippen LogP contribution in [0.4, 0.5) is 0 Å². The quantitative estimate of drug-likeness (QED) is 0.649. The van der Waals surface area contributed by atoms with Crippen molar-refractivity contribution >= 4 is 12.1 Å². The van der Waals surface area contributed by atoms with Crippen molar-refractivity contribution < 1.29 is 14.3 Å². The summed E-state index contributed by atoms with van der Waals surface area (Å²) in [6, 6.07) is 5.44. The number of nitrogens with zero attached hydrogens (tertiary/aromatic N) is 2. The first-order valence-corrected chi connectivity index (χ1v) is 7.35. The van der Waals surface area contributed by atoms with Crippen LogP contribution in [0.3, 0.4) is 0 Å². The van der Waals surface area contributed by atoms with Crippen LogP contribution in [0.1, 0.15) is 33.7 Å². The van der Waals surface area contributed by atoms with Crippen molar-refractivity contribution in [1.82, 2.24) is 15.6 Å². The van der Waals surface area contributed by atoms with Gasteiger partial charge in [0.2, 0.25) is 0 Å². The molecule has 0 aliphatic heterocycles. The first-order chi connectivity index (χ1) is 11.2. The lowest BCUT2D eigenvalue weighted by Gasteiger charge is -2.09. The van der Waals surface area contributed by atoms with E-state index in [2.05, 4.69) is 20.7 Å². The number of aromatic nitrogens is 2.